The SMILES string of the molecule is Cc1ccc(CN(C)C(=O)c2ccc(NS(=O)(=O)c3ccc4[nH]c(=O)[nH]c4c3)cc2)cc1. The van der Waals surface area contributed by atoms with Crippen molar-refractivity contribution in [2.24, 2.45) is 0 Å². The normalized spacial score (nSPS) is 11.4. The Labute approximate surface area is 185 Å². The van der Waals surface area contributed by atoms with Gasteiger partial charge in [-0.05, 0) is 55.0 Å². The van der Waals surface area contributed by atoms with E-state index in [-0.39, 0.29) is 10.8 Å². The summed E-state index contributed by atoms with van der Waals surface area (Å²) in [7, 11) is -2.15. The predicted molar refractivity (Wildman–Crippen MR) is 123 cm³/mol. The molecule has 32 heavy (non-hydrogen) atoms. The number of H-pyrrole nitrogens is 2. The van der Waals surface area contributed by atoms with Gasteiger partial charge < -0.3 is 14.9 Å². The Balaban J connectivity index is 1.46. The number of aryl methyl sites for hydroxylation is 1. The molecule has 0 unspecified atom stereocenters. The number of hydrogen-bond donors (Lipinski definition) is 3. The molecule has 0 spiro atoms. The number of amides is 1. The largest absolute Gasteiger partial charge is 0.337 e. The molecule has 8 nitrogen and oxygen atoms in total. The molecule has 164 valence electrons. The molecule has 4 aromatic rings. The number of hydrogen-bond acceptors (Lipinski definition) is 4. The first-order valence-corrected chi connectivity index (χ1v) is 11.4. The molecule has 0 atom stereocenters. The van der Waals surface area contributed by atoms with Crippen LogP contribution in [0, 0.1) is 6.92 Å². The molecule has 3 aromatic carbocycles. The van der Waals surface area contributed by atoms with Gasteiger partial charge in [0, 0.05) is 24.8 Å². The molecule has 1 heterocycles. The highest BCUT2D eigenvalue weighted by Crippen LogP contribution is 2.20. The Morgan fingerprint density at radius 3 is 2.28 bits per heavy atom. The summed E-state index contributed by atoms with van der Waals surface area (Å²) in [6, 6.07) is 18.5. The molecule has 3 N–H and O–H groups in total. The van der Waals surface area contributed by atoms with Crippen LogP contribution in [-0.4, -0.2) is 36.2 Å². The minimum atomic E-state index is -3.87. The Kier molecular flexibility index (Phi) is 5.58. The van der Waals surface area contributed by atoms with Gasteiger partial charge in [0.15, 0.2) is 0 Å². The molecule has 0 aliphatic heterocycles. The van der Waals surface area contributed by atoms with Crippen LogP contribution in [0.2, 0.25) is 0 Å². The molecule has 0 saturated carbocycles. The van der Waals surface area contributed by atoms with Gasteiger partial charge in [-0.15, -0.1) is 0 Å². The summed E-state index contributed by atoms with van der Waals surface area (Å²) >= 11 is 0. The lowest BCUT2D eigenvalue weighted by Crippen LogP contribution is -2.26. The third-order valence-electron chi connectivity index (χ3n) is 5.07. The minimum absolute atomic E-state index is 0.0123. The van der Waals surface area contributed by atoms with Crippen LogP contribution in [0.3, 0.4) is 0 Å². The highest BCUT2D eigenvalue weighted by atomic mass is 32.2. The predicted octanol–water partition coefficient (Wildman–Crippen LogP) is 3.24. The van der Waals surface area contributed by atoms with E-state index in [0.29, 0.717) is 28.8 Å². The van der Waals surface area contributed by atoms with Crippen LogP contribution in [0.4, 0.5) is 5.69 Å². The first-order valence-electron chi connectivity index (χ1n) is 9.87. The molecular weight excluding hydrogens is 428 g/mol. The molecular formula is C23H22N4O4S. The van der Waals surface area contributed by atoms with Crippen molar-refractivity contribution in [3.8, 4) is 0 Å². The zero-order valence-electron chi connectivity index (χ0n) is 17.5. The van der Waals surface area contributed by atoms with E-state index in [1.807, 2.05) is 31.2 Å². The molecule has 4 rings (SSSR count). The van der Waals surface area contributed by atoms with Gasteiger partial charge in [-0.3, -0.25) is 9.52 Å². The Morgan fingerprint density at radius 2 is 1.59 bits per heavy atom. The van der Waals surface area contributed by atoms with Crippen molar-refractivity contribution in [2.45, 2.75) is 18.4 Å². The maximum absolute atomic E-state index is 12.7. The van der Waals surface area contributed by atoms with Crippen molar-refractivity contribution in [2.75, 3.05) is 11.8 Å². The number of benzene rings is 3. The first kappa shape index (κ1) is 21.4. The lowest BCUT2D eigenvalue weighted by atomic mass is 10.1. The number of imidazole rings is 1. The average molecular weight is 451 g/mol. The number of nitrogens with one attached hydrogen (secondary N) is 3. The highest BCUT2D eigenvalue weighted by Gasteiger charge is 2.17. The van der Waals surface area contributed by atoms with Crippen LogP contribution in [-0.2, 0) is 16.6 Å². The van der Waals surface area contributed by atoms with E-state index in [9.17, 15) is 18.0 Å². The molecule has 0 fully saturated rings. The number of sulfonamides is 1. The summed E-state index contributed by atoms with van der Waals surface area (Å²) in [6.07, 6.45) is 0. The van der Waals surface area contributed by atoms with Crippen molar-refractivity contribution < 1.29 is 13.2 Å². The summed E-state index contributed by atoms with van der Waals surface area (Å²) in [6.45, 7) is 2.48. The summed E-state index contributed by atoms with van der Waals surface area (Å²) in [5.74, 6) is -0.165. The highest BCUT2D eigenvalue weighted by molar-refractivity contribution is 7.92. The van der Waals surface area contributed by atoms with Crippen LogP contribution in [0.15, 0.2) is 76.4 Å². The number of aromatic amines is 2. The van der Waals surface area contributed by atoms with Gasteiger partial charge in [0.05, 0.1) is 15.9 Å². The van der Waals surface area contributed by atoms with Crippen molar-refractivity contribution in [1.29, 1.82) is 0 Å². The van der Waals surface area contributed by atoms with Gasteiger partial charge in [0.2, 0.25) is 0 Å². The van der Waals surface area contributed by atoms with Crippen LogP contribution in [0.1, 0.15) is 21.5 Å². The minimum Gasteiger partial charge on any atom is -0.337 e. The van der Waals surface area contributed by atoms with Crippen LogP contribution >= 0.6 is 0 Å². The second-order valence-corrected chi connectivity index (χ2v) is 9.30. The number of rotatable bonds is 6. The molecule has 1 aromatic heterocycles. The third kappa shape index (κ3) is 4.57. The maximum Gasteiger partial charge on any atom is 0.323 e. The topological polar surface area (TPSA) is 115 Å². The summed E-state index contributed by atoms with van der Waals surface area (Å²) in [4.78, 5) is 30.8. The lowest BCUT2D eigenvalue weighted by Gasteiger charge is -2.18. The zero-order chi connectivity index (χ0) is 22.9. The average Bonchev–Trinajstić information content (AvgIpc) is 3.14. The smallest absolute Gasteiger partial charge is 0.323 e. The van der Waals surface area contributed by atoms with Gasteiger partial charge in [0.25, 0.3) is 15.9 Å². The fraction of sp³-hybridized carbons (Fsp3) is 0.130. The monoisotopic (exact) mass is 450 g/mol. The van der Waals surface area contributed by atoms with Crippen molar-refractivity contribution in [3.63, 3.8) is 0 Å². The van der Waals surface area contributed by atoms with Crippen LogP contribution in [0.5, 0.6) is 0 Å². The number of anilines is 1. The van der Waals surface area contributed by atoms with E-state index in [2.05, 4.69) is 14.7 Å². The maximum atomic E-state index is 12.7. The van der Waals surface area contributed by atoms with Gasteiger partial charge in [-0.1, -0.05) is 29.8 Å². The standard InChI is InChI=1S/C23H22N4O4S/c1-15-3-5-16(6-4-15)14-27(2)22(28)17-7-9-18(10-8-17)26-32(30,31)19-11-12-20-21(13-19)25-23(29)24-20/h3-13,26H,14H2,1-2H3,(H2,24,25,29). The van der Waals surface area contributed by atoms with Gasteiger partial charge in [-0.25, -0.2) is 13.2 Å². The summed E-state index contributed by atoms with van der Waals surface area (Å²) in [5, 5.41) is 0. The van der Waals surface area contributed by atoms with E-state index in [1.54, 1.807) is 36.2 Å². The second kappa shape index (κ2) is 8.35. The Hall–Kier alpha value is -3.85. The van der Waals surface area contributed by atoms with Crippen molar-refractivity contribution in [1.82, 2.24) is 14.9 Å². The molecule has 9 heteroatoms. The summed E-state index contributed by atoms with van der Waals surface area (Å²) in [5.41, 5.74) is 3.47. The van der Waals surface area contributed by atoms with E-state index < -0.39 is 15.7 Å². The number of aromatic nitrogens is 2. The molecule has 1 amide bonds. The second-order valence-electron chi connectivity index (χ2n) is 7.62. The van der Waals surface area contributed by atoms with E-state index >= 15 is 0 Å². The number of carbonyl (C=O) groups is 1. The van der Waals surface area contributed by atoms with E-state index in [1.165, 1.54) is 18.2 Å². The van der Waals surface area contributed by atoms with Gasteiger partial charge in [0.1, 0.15) is 0 Å². The Bertz CT molecular complexity index is 1440. The molecule has 0 aliphatic carbocycles. The molecule has 0 bridgehead atoms. The lowest BCUT2D eigenvalue weighted by molar-refractivity contribution is 0.0785. The fourth-order valence-corrected chi connectivity index (χ4v) is 4.42. The number of fused-ring (bicyclic) bond motifs is 1. The third-order valence-corrected chi connectivity index (χ3v) is 6.45. The Morgan fingerprint density at radius 1 is 0.938 bits per heavy atom. The number of carbonyl (C=O) groups excluding carboxylic acids is 1. The van der Waals surface area contributed by atoms with Gasteiger partial charge in [-0.2, -0.15) is 0 Å². The number of nitrogens with zero attached hydrogens (tertiary/aromatic N) is 1. The fourth-order valence-electron chi connectivity index (χ4n) is 3.33. The van der Waals surface area contributed by atoms with Crippen molar-refractivity contribution >= 4 is 32.7 Å². The van der Waals surface area contributed by atoms with Crippen LogP contribution < -0.4 is 10.4 Å². The molecule has 0 radical (unpaired) electrons. The quantitative estimate of drug-likeness (QED) is 0.418. The van der Waals surface area contributed by atoms with Crippen molar-refractivity contribution in [3.05, 3.63) is 93.9 Å². The molecule has 0 aliphatic rings. The molecule has 0 saturated heterocycles. The summed E-state index contributed by atoms with van der Waals surface area (Å²) < 4.78 is 27.9. The first-order chi connectivity index (χ1) is 15.2. The zero-order valence-corrected chi connectivity index (χ0v) is 18.4. The van der Waals surface area contributed by atoms with E-state index in [0.717, 1.165) is 11.1 Å². The van der Waals surface area contributed by atoms with Gasteiger partial charge >= 0.3 is 5.69 Å². The van der Waals surface area contributed by atoms with E-state index in [4.69, 9.17) is 0 Å². The van der Waals surface area contributed by atoms with Crippen LogP contribution in [0.25, 0.3) is 11.0 Å².